The van der Waals surface area contributed by atoms with Crippen LogP contribution in [0.1, 0.15) is 18.7 Å². The number of hydrogen-bond donors (Lipinski definition) is 1. The van der Waals surface area contributed by atoms with E-state index in [0.717, 1.165) is 0 Å². The number of carbonyl (C=O) groups is 1. The molecule has 0 aromatic carbocycles. The molecule has 1 amide bonds. The van der Waals surface area contributed by atoms with Gasteiger partial charge in [-0.05, 0) is 19.1 Å². The fourth-order valence-electron chi connectivity index (χ4n) is 0.983. The summed E-state index contributed by atoms with van der Waals surface area (Å²) >= 11 is 0. The molecule has 1 heterocycles. The summed E-state index contributed by atoms with van der Waals surface area (Å²) in [7, 11) is 1.71. The minimum atomic E-state index is -0.681. The standard InChI is InChI=1S/C9H14N2O2/c1-3-11(2)9(12)8(10)7-5-4-6-13-7/h4-6,8H,3,10H2,1-2H3. The van der Waals surface area contributed by atoms with Gasteiger partial charge in [0.05, 0.1) is 6.26 Å². The van der Waals surface area contributed by atoms with E-state index in [2.05, 4.69) is 0 Å². The van der Waals surface area contributed by atoms with E-state index in [1.165, 1.54) is 6.26 Å². The second-order valence-electron chi connectivity index (χ2n) is 2.85. The average Bonchev–Trinajstić information content (AvgIpc) is 2.67. The summed E-state index contributed by atoms with van der Waals surface area (Å²) in [5.41, 5.74) is 5.67. The molecule has 2 N–H and O–H groups in total. The normalized spacial score (nSPS) is 12.5. The van der Waals surface area contributed by atoms with Gasteiger partial charge in [-0.15, -0.1) is 0 Å². The Morgan fingerprint density at radius 1 is 1.77 bits per heavy atom. The van der Waals surface area contributed by atoms with Gasteiger partial charge in [0.1, 0.15) is 11.8 Å². The van der Waals surface area contributed by atoms with Crippen LogP contribution in [0, 0.1) is 0 Å². The van der Waals surface area contributed by atoms with E-state index in [0.29, 0.717) is 12.3 Å². The third-order valence-electron chi connectivity index (χ3n) is 1.97. The summed E-state index contributed by atoms with van der Waals surface area (Å²) in [6.45, 7) is 2.54. The van der Waals surface area contributed by atoms with Crippen molar-refractivity contribution in [1.29, 1.82) is 0 Å². The molecular formula is C9H14N2O2. The summed E-state index contributed by atoms with van der Waals surface area (Å²) in [4.78, 5) is 13.1. The second-order valence-corrected chi connectivity index (χ2v) is 2.85. The quantitative estimate of drug-likeness (QED) is 0.750. The maximum absolute atomic E-state index is 11.5. The second kappa shape index (κ2) is 4.09. The van der Waals surface area contributed by atoms with Crippen molar-refractivity contribution in [3.63, 3.8) is 0 Å². The number of nitrogens with two attached hydrogens (primary N) is 1. The Hall–Kier alpha value is -1.29. The average molecular weight is 182 g/mol. The third kappa shape index (κ3) is 2.09. The van der Waals surface area contributed by atoms with Crippen molar-refractivity contribution in [3.8, 4) is 0 Å². The lowest BCUT2D eigenvalue weighted by atomic mass is 10.2. The molecule has 0 aliphatic carbocycles. The van der Waals surface area contributed by atoms with Crippen LogP contribution >= 0.6 is 0 Å². The van der Waals surface area contributed by atoms with Gasteiger partial charge in [-0.25, -0.2) is 0 Å². The molecule has 13 heavy (non-hydrogen) atoms. The van der Waals surface area contributed by atoms with E-state index in [-0.39, 0.29) is 5.91 Å². The fraction of sp³-hybridized carbons (Fsp3) is 0.444. The Balaban J connectivity index is 2.68. The highest BCUT2D eigenvalue weighted by Gasteiger charge is 2.20. The van der Waals surface area contributed by atoms with E-state index >= 15 is 0 Å². The first-order valence-electron chi connectivity index (χ1n) is 4.20. The van der Waals surface area contributed by atoms with Crippen LogP contribution in [-0.2, 0) is 4.79 Å². The predicted molar refractivity (Wildman–Crippen MR) is 48.9 cm³/mol. The number of hydrogen-bond acceptors (Lipinski definition) is 3. The molecule has 4 heteroatoms. The Kier molecular flexibility index (Phi) is 3.08. The van der Waals surface area contributed by atoms with Crippen LogP contribution in [0.5, 0.6) is 0 Å². The van der Waals surface area contributed by atoms with Gasteiger partial charge in [-0.1, -0.05) is 0 Å². The number of nitrogens with zero attached hydrogens (tertiary/aromatic N) is 1. The summed E-state index contributed by atoms with van der Waals surface area (Å²) in [6.07, 6.45) is 1.51. The van der Waals surface area contributed by atoms with Gasteiger partial charge < -0.3 is 15.1 Å². The van der Waals surface area contributed by atoms with Gasteiger partial charge in [0.2, 0.25) is 5.91 Å². The monoisotopic (exact) mass is 182 g/mol. The fourth-order valence-corrected chi connectivity index (χ4v) is 0.983. The lowest BCUT2D eigenvalue weighted by Crippen LogP contribution is -2.35. The van der Waals surface area contributed by atoms with Gasteiger partial charge in [0, 0.05) is 13.6 Å². The molecule has 1 rings (SSSR count). The highest BCUT2D eigenvalue weighted by atomic mass is 16.3. The maximum Gasteiger partial charge on any atom is 0.247 e. The Morgan fingerprint density at radius 3 is 2.92 bits per heavy atom. The van der Waals surface area contributed by atoms with Crippen LogP contribution in [0.2, 0.25) is 0 Å². The number of likely N-dealkylation sites (N-methyl/N-ethyl adjacent to an activating group) is 1. The van der Waals surface area contributed by atoms with Gasteiger partial charge in [-0.3, -0.25) is 4.79 Å². The van der Waals surface area contributed by atoms with Crippen molar-refractivity contribution < 1.29 is 9.21 Å². The van der Waals surface area contributed by atoms with Crippen molar-refractivity contribution in [2.45, 2.75) is 13.0 Å². The van der Waals surface area contributed by atoms with Crippen LogP contribution in [-0.4, -0.2) is 24.4 Å². The summed E-state index contributed by atoms with van der Waals surface area (Å²) in [5.74, 6) is 0.378. The molecule has 0 aliphatic heterocycles. The highest BCUT2D eigenvalue weighted by Crippen LogP contribution is 2.12. The van der Waals surface area contributed by atoms with E-state index < -0.39 is 6.04 Å². The minimum absolute atomic E-state index is 0.127. The molecule has 1 aromatic rings. The molecule has 4 nitrogen and oxygen atoms in total. The third-order valence-corrected chi connectivity index (χ3v) is 1.97. The van der Waals surface area contributed by atoms with Gasteiger partial charge in [0.15, 0.2) is 0 Å². The van der Waals surface area contributed by atoms with Crippen molar-refractivity contribution >= 4 is 5.91 Å². The molecule has 0 radical (unpaired) electrons. The van der Waals surface area contributed by atoms with E-state index in [9.17, 15) is 4.79 Å². The topological polar surface area (TPSA) is 59.5 Å². The molecule has 0 saturated heterocycles. The van der Waals surface area contributed by atoms with Crippen LogP contribution in [0.15, 0.2) is 22.8 Å². The van der Waals surface area contributed by atoms with Crippen molar-refractivity contribution in [2.75, 3.05) is 13.6 Å². The molecular weight excluding hydrogens is 168 g/mol. The van der Waals surface area contributed by atoms with Gasteiger partial charge >= 0.3 is 0 Å². The van der Waals surface area contributed by atoms with Crippen LogP contribution in [0.4, 0.5) is 0 Å². The van der Waals surface area contributed by atoms with E-state index in [1.807, 2.05) is 6.92 Å². The smallest absolute Gasteiger partial charge is 0.247 e. The molecule has 1 aromatic heterocycles. The number of rotatable bonds is 3. The minimum Gasteiger partial charge on any atom is -0.467 e. The predicted octanol–water partition coefficient (Wildman–Crippen LogP) is 0.758. The first-order valence-corrected chi connectivity index (χ1v) is 4.20. The Bertz CT molecular complexity index is 269. The van der Waals surface area contributed by atoms with Gasteiger partial charge in [0.25, 0.3) is 0 Å². The first-order chi connectivity index (χ1) is 6.16. The molecule has 1 atom stereocenters. The number of amides is 1. The summed E-state index contributed by atoms with van der Waals surface area (Å²) in [6, 6.07) is 2.74. The van der Waals surface area contributed by atoms with Crippen LogP contribution in [0.25, 0.3) is 0 Å². The zero-order chi connectivity index (χ0) is 9.84. The zero-order valence-corrected chi connectivity index (χ0v) is 7.86. The van der Waals surface area contributed by atoms with E-state index in [4.69, 9.17) is 10.2 Å². The SMILES string of the molecule is CCN(C)C(=O)C(N)c1ccco1. The maximum atomic E-state index is 11.5. The van der Waals surface area contributed by atoms with Crippen molar-refractivity contribution in [3.05, 3.63) is 24.2 Å². The van der Waals surface area contributed by atoms with Crippen molar-refractivity contribution in [2.24, 2.45) is 5.73 Å². The van der Waals surface area contributed by atoms with E-state index in [1.54, 1.807) is 24.1 Å². The van der Waals surface area contributed by atoms with Crippen molar-refractivity contribution in [1.82, 2.24) is 4.90 Å². The summed E-state index contributed by atoms with van der Waals surface area (Å²) < 4.78 is 5.04. The molecule has 0 bridgehead atoms. The lowest BCUT2D eigenvalue weighted by Gasteiger charge is -2.17. The lowest BCUT2D eigenvalue weighted by molar-refractivity contribution is -0.131. The number of furan rings is 1. The van der Waals surface area contributed by atoms with Crippen LogP contribution in [0.3, 0.4) is 0 Å². The molecule has 0 spiro atoms. The molecule has 1 unspecified atom stereocenters. The largest absolute Gasteiger partial charge is 0.467 e. The van der Waals surface area contributed by atoms with Crippen LogP contribution < -0.4 is 5.73 Å². The molecule has 72 valence electrons. The Morgan fingerprint density at radius 2 is 2.46 bits per heavy atom. The molecule has 0 fully saturated rings. The number of carbonyl (C=O) groups excluding carboxylic acids is 1. The van der Waals surface area contributed by atoms with Gasteiger partial charge in [-0.2, -0.15) is 0 Å². The highest BCUT2D eigenvalue weighted by molar-refractivity contribution is 5.82. The Labute approximate surface area is 77.3 Å². The molecule has 0 aliphatic rings. The summed E-state index contributed by atoms with van der Waals surface area (Å²) in [5, 5.41) is 0. The first kappa shape index (κ1) is 9.80. The zero-order valence-electron chi connectivity index (χ0n) is 7.86. The molecule has 0 saturated carbocycles.